The van der Waals surface area contributed by atoms with Crippen LogP contribution in [0.3, 0.4) is 0 Å². The third-order valence-corrected chi connectivity index (χ3v) is 4.65. The van der Waals surface area contributed by atoms with E-state index < -0.39 is 11.9 Å². The van der Waals surface area contributed by atoms with Gasteiger partial charge in [-0.15, -0.1) is 0 Å². The fraction of sp³-hybridized carbons (Fsp3) is 0.600. The summed E-state index contributed by atoms with van der Waals surface area (Å²) in [6, 6.07) is 5.17. The van der Waals surface area contributed by atoms with Gasteiger partial charge in [-0.05, 0) is 72.2 Å². The van der Waals surface area contributed by atoms with Gasteiger partial charge >= 0.3 is 11.9 Å². The maximum atomic E-state index is 12.4. The van der Waals surface area contributed by atoms with E-state index in [1.54, 1.807) is 18.2 Å². The SMILES string of the molecule is CC(C)CCCOC(=O)c1cccc(I)c1C(=O)OCCCC(C)C. The lowest BCUT2D eigenvalue weighted by molar-refractivity contribution is 0.0446. The Kier molecular flexibility index (Phi) is 10.1. The first-order chi connectivity index (χ1) is 11.8. The minimum absolute atomic E-state index is 0.283. The van der Waals surface area contributed by atoms with Gasteiger partial charge in [0.15, 0.2) is 0 Å². The summed E-state index contributed by atoms with van der Waals surface area (Å²) in [6.07, 6.45) is 3.65. The molecule has 0 aromatic heterocycles. The molecule has 0 unspecified atom stereocenters. The van der Waals surface area contributed by atoms with Crippen molar-refractivity contribution in [3.8, 4) is 0 Å². The molecule has 0 saturated heterocycles. The van der Waals surface area contributed by atoms with Crippen molar-refractivity contribution >= 4 is 34.5 Å². The number of rotatable bonds is 10. The molecular formula is C20H29IO4. The fourth-order valence-corrected chi connectivity index (χ4v) is 3.08. The van der Waals surface area contributed by atoms with E-state index in [9.17, 15) is 9.59 Å². The minimum atomic E-state index is -0.462. The van der Waals surface area contributed by atoms with Crippen LogP contribution in [0, 0.1) is 15.4 Å². The second-order valence-electron chi connectivity index (χ2n) is 7.01. The van der Waals surface area contributed by atoms with Gasteiger partial charge in [0.05, 0.1) is 24.3 Å². The molecule has 1 aromatic rings. The van der Waals surface area contributed by atoms with Crippen LogP contribution in [0.5, 0.6) is 0 Å². The van der Waals surface area contributed by atoms with Crippen molar-refractivity contribution in [3.63, 3.8) is 0 Å². The first-order valence-corrected chi connectivity index (χ1v) is 10.0. The predicted octanol–water partition coefficient (Wildman–Crippen LogP) is 5.48. The summed E-state index contributed by atoms with van der Waals surface area (Å²) in [5, 5.41) is 0. The molecule has 5 heteroatoms. The molecule has 0 radical (unpaired) electrons. The zero-order valence-electron chi connectivity index (χ0n) is 15.6. The molecule has 0 aliphatic carbocycles. The summed E-state index contributed by atoms with van der Waals surface area (Å²) in [7, 11) is 0. The molecule has 0 heterocycles. The molecule has 1 rings (SSSR count). The third-order valence-electron chi connectivity index (χ3n) is 3.76. The summed E-state index contributed by atoms with van der Waals surface area (Å²) in [6.45, 7) is 9.27. The van der Waals surface area contributed by atoms with Crippen LogP contribution in [-0.4, -0.2) is 25.2 Å². The number of hydrogen-bond acceptors (Lipinski definition) is 4. The highest BCUT2D eigenvalue weighted by molar-refractivity contribution is 14.1. The van der Waals surface area contributed by atoms with Gasteiger partial charge in [-0.2, -0.15) is 0 Å². The lowest BCUT2D eigenvalue weighted by atomic mass is 10.1. The maximum absolute atomic E-state index is 12.4. The highest BCUT2D eigenvalue weighted by atomic mass is 127. The Morgan fingerprint density at radius 3 is 1.96 bits per heavy atom. The van der Waals surface area contributed by atoms with Gasteiger partial charge in [0.1, 0.15) is 0 Å². The summed E-state index contributed by atoms with van der Waals surface area (Å²) in [4.78, 5) is 24.8. The molecule has 0 spiro atoms. The van der Waals surface area contributed by atoms with Gasteiger partial charge in [0.25, 0.3) is 0 Å². The van der Waals surface area contributed by atoms with Crippen molar-refractivity contribution < 1.29 is 19.1 Å². The van der Waals surface area contributed by atoms with Crippen LogP contribution in [0.2, 0.25) is 0 Å². The quantitative estimate of drug-likeness (QED) is 0.264. The number of carbonyl (C=O) groups excluding carboxylic acids is 2. The Labute approximate surface area is 164 Å². The first kappa shape index (κ1) is 21.9. The number of benzene rings is 1. The topological polar surface area (TPSA) is 52.6 Å². The second-order valence-corrected chi connectivity index (χ2v) is 8.17. The molecule has 4 nitrogen and oxygen atoms in total. The van der Waals surface area contributed by atoms with Crippen LogP contribution < -0.4 is 0 Å². The van der Waals surface area contributed by atoms with Crippen LogP contribution in [0.4, 0.5) is 0 Å². The van der Waals surface area contributed by atoms with Gasteiger partial charge in [-0.1, -0.05) is 33.8 Å². The Morgan fingerprint density at radius 2 is 1.44 bits per heavy atom. The average Bonchev–Trinajstić information content (AvgIpc) is 2.54. The summed E-state index contributed by atoms with van der Waals surface area (Å²) >= 11 is 2.05. The second kappa shape index (κ2) is 11.5. The largest absolute Gasteiger partial charge is 0.462 e. The summed E-state index contributed by atoms with van der Waals surface area (Å²) in [5.74, 6) is 0.235. The molecule has 140 valence electrons. The van der Waals surface area contributed by atoms with Crippen molar-refractivity contribution in [1.82, 2.24) is 0 Å². The van der Waals surface area contributed by atoms with Crippen molar-refractivity contribution in [1.29, 1.82) is 0 Å². The van der Waals surface area contributed by atoms with E-state index in [1.165, 1.54) is 0 Å². The highest BCUT2D eigenvalue weighted by Gasteiger charge is 2.22. The molecule has 0 fully saturated rings. The van der Waals surface area contributed by atoms with Gasteiger partial charge in [0.2, 0.25) is 0 Å². The minimum Gasteiger partial charge on any atom is -0.462 e. The zero-order chi connectivity index (χ0) is 18.8. The third kappa shape index (κ3) is 8.21. The van der Waals surface area contributed by atoms with E-state index in [0.717, 1.165) is 25.7 Å². The number of carbonyl (C=O) groups is 2. The lowest BCUT2D eigenvalue weighted by Gasteiger charge is -2.12. The van der Waals surface area contributed by atoms with Gasteiger partial charge in [-0.3, -0.25) is 0 Å². The molecule has 1 aromatic carbocycles. The average molecular weight is 460 g/mol. The van der Waals surface area contributed by atoms with E-state index in [0.29, 0.717) is 34.2 Å². The van der Waals surface area contributed by atoms with Gasteiger partial charge in [0, 0.05) is 3.57 Å². The molecular weight excluding hydrogens is 431 g/mol. The van der Waals surface area contributed by atoms with Crippen LogP contribution in [0.1, 0.15) is 74.1 Å². The molecule has 0 bridgehead atoms. The van der Waals surface area contributed by atoms with Gasteiger partial charge in [-0.25, -0.2) is 9.59 Å². The molecule has 0 aliphatic rings. The highest BCUT2D eigenvalue weighted by Crippen LogP contribution is 2.20. The fourth-order valence-electron chi connectivity index (χ4n) is 2.36. The number of ether oxygens (including phenoxy) is 2. The number of hydrogen-bond donors (Lipinski definition) is 0. The van der Waals surface area contributed by atoms with Crippen molar-refractivity contribution in [2.24, 2.45) is 11.8 Å². The Hall–Kier alpha value is -1.11. The van der Waals surface area contributed by atoms with E-state index in [4.69, 9.17) is 9.47 Å². The normalized spacial score (nSPS) is 11.0. The predicted molar refractivity (Wildman–Crippen MR) is 108 cm³/mol. The Morgan fingerprint density at radius 1 is 0.920 bits per heavy atom. The first-order valence-electron chi connectivity index (χ1n) is 8.95. The smallest absolute Gasteiger partial charge is 0.340 e. The summed E-state index contributed by atoms with van der Waals surface area (Å²) in [5.41, 5.74) is 0.590. The van der Waals surface area contributed by atoms with Crippen LogP contribution in [0.25, 0.3) is 0 Å². The molecule has 0 atom stereocenters. The van der Waals surface area contributed by atoms with Gasteiger partial charge < -0.3 is 9.47 Å². The maximum Gasteiger partial charge on any atom is 0.340 e. The molecule has 0 aliphatic heterocycles. The number of esters is 2. The zero-order valence-corrected chi connectivity index (χ0v) is 17.8. The molecule has 0 N–H and O–H groups in total. The molecule has 0 amide bonds. The lowest BCUT2D eigenvalue weighted by Crippen LogP contribution is -2.17. The monoisotopic (exact) mass is 460 g/mol. The van der Waals surface area contributed by atoms with Crippen LogP contribution in [-0.2, 0) is 9.47 Å². The van der Waals surface area contributed by atoms with E-state index >= 15 is 0 Å². The van der Waals surface area contributed by atoms with E-state index in [1.807, 2.05) is 0 Å². The van der Waals surface area contributed by atoms with Crippen molar-refractivity contribution in [2.45, 2.75) is 53.4 Å². The van der Waals surface area contributed by atoms with Crippen LogP contribution in [0.15, 0.2) is 18.2 Å². The Balaban J connectivity index is 2.69. The van der Waals surface area contributed by atoms with Crippen molar-refractivity contribution in [3.05, 3.63) is 32.9 Å². The Bertz CT molecular complexity index is 567. The summed E-state index contributed by atoms with van der Waals surface area (Å²) < 4.78 is 11.4. The number of halogens is 1. The van der Waals surface area contributed by atoms with Crippen molar-refractivity contribution in [2.75, 3.05) is 13.2 Å². The van der Waals surface area contributed by atoms with E-state index in [2.05, 4.69) is 50.3 Å². The molecule has 25 heavy (non-hydrogen) atoms. The molecule has 0 saturated carbocycles. The van der Waals surface area contributed by atoms with E-state index in [-0.39, 0.29) is 5.56 Å². The standard InChI is InChI=1S/C20H29IO4/c1-14(2)8-6-12-24-19(22)16-10-5-11-17(21)18(16)20(23)25-13-7-9-15(3)4/h5,10-11,14-15H,6-9,12-13H2,1-4H3. The van der Waals surface area contributed by atoms with Crippen LogP contribution >= 0.6 is 22.6 Å².